The van der Waals surface area contributed by atoms with Crippen molar-refractivity contribution in [3.63, 3.8) is 0 Å². The van der Waals surface area contributed by atoms with Gasteiger partial charge in [0.05, 0.1) is 17.5 Å². The van der Waals surface area contributed by atoms with E-state index < -0.39 is 11.7 Å². The summed E-state index contributed by atoms with van der Waals surface area (Å²) in [4.78, 5) is 0. The third-order valence-electron chi connectivity index (χ3n) is 4.08. The van der Waals surface area contributed by atoms with Crippen LogP contribution in [0.1, 0.15) is 57.2 Å². The van der Waals surface area contributed by atoms with Gasteiger partial charge in [-0.1, -0.05) is 30.9 Å². The second-order valence-electron chi connectivity index (χ2n) is 5.06. The summed E-state index contributed by atoms with van der Waals surface area (Å²) in [6.07, 6.45) is 7.48. The van der Waals surface area contributed by atoms with E-state index in [9.17, 15) is 5.11 Å². The largest absolute Gasteiger partial charge is 0.384 e. The topological polar surface area (TPSA) is 60.2 Å². The van der Waals surface area contributed by atoms with Crippen molar-refractivity contribution < 1.29 is 9.84 Å². The van der Waals surface area contributed by atoms with Gasteiger partial charge in [-0.3, -0.25) is 0 Å². The van der Waals surface area contributed by atoms with E-state index in [4.69, 9.17) is 4.74 Å². The standard InChI is InChI=1S/C13H23N3O2/c1-3-16-11(10-14-15-16)12(17)13(18-2)8-6-4-5-7-9-13/h10,12,17H,3-9H2,1-2H3. The molecule has 5 nitrogen and oxygen atoms in total. The van der Waals surface area contributed by atoms with Crippen LogP contribution in [0, 0.1) is 0 Å². The zero-order chi connectivity index (χ0) is 13.0. The van der Waals surface area contributed by atoms with Crippen LogP contribution in [0.4, 0.5) is 0 Å². The third-order valence-corrected chi connectivity index (χ3v) is 4.08. The molecular formula is C13H23N3O2. The van der Waals surface area contributed by atoms with Gasteiger partial charge < -0.3 is 9.84 Å². The normalized spacial score (nSPS) is 21.5. The van der Waals surface area contributed by atoms with Crippen molar-refractivity contribution in [2.75, 3.05) is 7.11 Å². The molecule has 102 valence electrons. The number of hydrogen-bond acceptors (Lipinski definition) is 4. The lowest BCUT2D eigenvalue weighted by atomic mass is 9.86. The molecule has 1 atom stereocenters. The van der Waals surface area contributed by atoms with Crippen molar-refractivity contribution in [1.82, 2.24) is 15.0 Å². The Hall–Kier alpha value is -0.940. The van der Waals surface area contributed by atoms with Crippen molar-refractivity contribution in [2.45, 2.75) is 63.7 Å². The molecule has 0 saturated heterocycles. The number of hydrogen-bond donors (Lipinski definition) is 1. The Morgan fingerprint density at radius 3 is 2.61 bits per heavy atom. The number of aryl methyl sites for hydroxylation is 1. The molecule has 1 unspecified atom stereocenters. The minimum atomic E-state index is -0.643. The van der Waals surface area contributed by atoms with Crippen molar-refractivity contribution in [2.24, 2.45) is 0 Å². The van der Waals surface area contributed by atoms with Crippen molar-refractivity contribution in [1.29, 1.82) is 0 Å². The fraction of sp³-hybridized carbons (Fsp3) is 0.846. The molecule has 1 N–H and O–H groups in total. The summed E-state index contributed by atoms with van der Waals surface area (Å²) < 4.78 is 7.47. The maximum atomic E-state index is 10.7. The van der Waals surface area contributed by atoms with Gasteiger partial charge in [0.15, 0.2) is 0 Å². The molecule has 0 spiro atoms. The first-order chi connectivity index (χ1) is 8.73. The Balaban J connectivity index is 2.25. The monoisotopic (exact) mass is 253 g/mol. The van der Waals surface area contributed by atoms with Crippen LogP contribution in [0.3, 0.4) is 0 Å². The van der Waals surface area contributed by atoms with E-state index in [-0.39, 0.29) is 0 Å². The molecule has 1 aromatic heterocycles. The summed E-state index contributed by atoms with van der Waals surface area (Å²) in [5.41, 5.74) is 0.298. The van der Waals surface area contributed by atoms with Gasteiger partial charge in [0, 0.05) is 13.7 Å². The second-order valence-corrected chi connectivity index (χ2v) is 5.06. The Morgan fingerprint density at radius 2 is 2.06 bits per heavy atom. The average Bonchev–Trinajstić information content (AvgIpc) is 2.74. The third kappa shape index (κ3) is 2.42. The SMILES string of the molecule is CCn1nncc1C(O)C1(OC)CCCCCC1. The first-order valence-corrected chi connectivity index (χ1v) is 6.85. The molecule has 0 amide bonds. The first kappa shape index (κ1) is 13.5. The number of aliphatic hydroxyl groups is 1. The quantitative estimate of drug-likeness (QED) is 0.834. The van der Waals surface area contributed by atoms with Crippen LogP contribution in [-0.4, -0.2) is 32.8 Å². The van der Waals surface area contributed by atoms with Gasteiger partial charge in [0.1, 0.15) is 6.10 Å². The van der Waals surface area contributed by atoms with E-state index in [1.165, 1.54) is 12.8 Å². The molecule has 2 rings (SSSR count). The maximum absolute atomic E-state index is 10.7. The van der Waals surface area contributed by atoms with Crippen LogP contribution in [0.5, 0.6) is 0 Å². The Morgan fingerprint density at radius 1 is 1.39 bits per heavy atom. The number of nitrogens with zero attached hydrogens (tertiary/aromatic N) is 3. The highest BCUT2D eigenvalue weighted by Gasteiger charge is 2.40. The van der Waals surface area contributed by atoms with Gasteiger partial charge in [-0.15, -0.1) is 5.10 Å². The fourth-order valence-electron chi connectivity index (χ4n) is 2.91. The van der Waals surface area contributed by atoms with Crippen LogP contribution in [0.25, 0.3) is 0 Å². The van der Waals surface area contributed by atoms with Gasteiger partial charge in [-0.05, 0) is 19.8 Å². The number of ether oxygens (including phenoxy) is 1. The second kappa shape index (κ2) is 5.80. The van der Waals surface area contributed by atoms with Crippen LogP contribution < -0.4 is 0 Å². The highest BCUT2D eigenvalue weighted by Crippen LogP contribution is 2.39. The van der Waals surface area contributed by atoms with E-state index in [1.807, 2.05) is 6.92 Å². The van der Waals surface area contributed by atoms with Gasteiger partial charge >= 0.3 is 0 Å². The lowest BCUT2D eigenvalue weighted by Gasteiger charge is -2.36. The number of methoxy groups -OCH3 is 1. The summed E-state index contributed by atoms with van der Waals surface area (Å²) in [5, 5.41) is 18.6. The molecular weight excluding hydrogens is 230 g/mol. The van der Waals surface area contributed by atoms with E-state index >= 15 is 0 Å². The number of aromatic nitrogens is 3. The predicted molar refractivity (Wildman–Crippen MR) is 68.1 cm³/mol. The smallest absolute Gasteiger partial charge is 0.126 e. The van der Waals surface area contributed by atoms with E-state index in [1.54, 1.807) is 18.0 Å². The Bertz CT molecular complexity index is 370. The first-order valence-electron chi connectivity index (χ1n) is 6.85. The molecule has 0 aliphatic heterocycles. The molecule has 0 bridgehead atoms. The molecule has 5 heteroatoms. The van der Waals surface area contributed by atoms with Gasteiger partial charge in [-0.2, -0.15) is 0 Å². The molecule has 1 saturated carbocycles. The van der Waals surface area contributed by atoms with Gasteiger partial charge in [-0.25, -0.2) is 4.68 Å². The lowest BCUT2D eigenvalue weighted by Crippen LogP contribution is -2.39. The van der Waals surface area contributed by atoms with Gasteiger partial charge in [0.25, 0.3) is 0 Å². The summed E-state index contributed by atoms with van der Waals surface area (Å²) in [5.74, 6) is 0. The maximum Gasteiger partial charge on any atom is 0.126 e. The lowest BCUT2D eigenvalue weighted by molar-refractivity contribution is -0.117. The van der Waals surface area contributed by atoms with Crippen molar-refractivity contribution >= 4 is 0 Å². The molecule has 1 aliphatic rings. The zero-order valence-electron chi connectivity index (χ0n) is 11.3. The van der Waals surface area contributed by atoms with E-state index in [0.717, 1.165) is 31.4 Å². The van der Waals surface area contributed by atoms with Gasteiger partial charge in [0.2, 0.25) is 0 Å². The minimum Gasteiger partial charge on any atom is -0.384 e. The molecule has 1 fully saturated rings. The summed E-state index contributed by atoms with van der Waals surface area (Å²) >= 11 is 0. The number of rotatable bonds is 4. The van der Waals surface area contributed by atoms with Crippen LogP contribution in [-0.2, 0) is 11.3 Å². The highest BCUT2D eigenvalue weighted by atomic mass is 16.5. The van der Waals surface area contributed by atoms with Crippen molar-refractivity contribution in [3.05, 3.63) is 11.9 Å². The van der Waals surface area contributed by atoms with E-state index in [2.05, 4.69) is 10.3 Å². The minimum absolute atomic E-state index is 0.467. The molecule has 1 heterocycles. The summed E-state index contributed by atoms with van der Waals surface area (Å²) in [6, 6.07) is 0. The summed E-state index contributed by atoms with van der Waals surface area (Å²) in [6.45, 7) is 2.71. The number of aliphatic hydroxyl groups excluding tert-OH is 1. The Kier molecular flexibility index (Phi) is 4.35. The molecule has 0 radical (unpaired) electrons. The van der Waals surface area contributed by atoms with Crippen LogP contribution in [0.2, 0.25) is 0 Å². The molecule has 0 aromatic carbocycles. The molecule has 1 aliphatic carbocycles. The zero-order valence-corrected chi connectivity index (χ0v) is 11.3. The predicted octanol–water partition coefficient (Wildman–Crippen LogP) is 2.07. The average molecular weight is 253 g/mol. The Labute approximate surface area is 108 Å². The fourth-order valence-corrected chi connectivity index (χ4v) is 2.91. The van der Waals surface area contributed by atoms with E-state index in [0.29, 0.717) is 6.54 Å². The summed E-state index contributed by atoms with van der Waals surface area (Å²) in [7, 11) is 1.70. The molecule has 18 heavy (non-hydrogen) atoms. The van der Waals surface area contributed by atoms with Crippen LogP contribution >= 0.6 is 0 Å². The van der Waals surface area contributed by atoms with Crippen molar-refractivity contribution in [3.8, 4) is 0 Å². The highest BCUT2D eigenvalue weighted by molar-refractivity contribution is 5.07. The van der Waals surface area contributed by atoms with Crippen LogP contribution in [0.15, 0.2) is 6.20 Å². The molecule has 1 aromatic rings.